The van der Waals surface area contributed by atoms with Gasteiger partial charge in [0, 0.05) is 25.0 Å². The van der Waals surface area contributed by atoms with Gasteiger partial charge in [0.15, 0.2) is 0 Å². The van der Waals surface area contributed by atoms with Crippen molar-refractivity contribution in [2.75, 3.05) is 20.2 Å². The van der Waals surface area contributed by atoms with Gasteiger partial charge in [-0.1, -0.05) is 12.1 Å². The Morgan fingerprint density at radius 1 is 1.13 bits per heavy atom. The molecule has 0 bridgehead atoms. The van der Waals surface area contributed by atoms with Crippen LogP contribution in [0.4, 0.5) is 0 Å². The summed E-state index contributed by atoms with van der Waals surface area (Å²) in [4.78, 5) is 26.1. The standard InChI is InChI=1S/C18H24N2O3/c1-23-16-6-2-13(3-7-16)12-17(21)20-10-8-15(9-11-20)19-18(22)14-4-5-14/h2-3,6-7,14-15H,4-5,8-12H2,1H3,(H,19,22). The van der Waals surface area contributed by atoms with Crippen LogP contribution in [0.2, 0.25) is 0 Å². The summed E-state index contributed by atoms with van der Waals surface area (Å²) >= 11 is 0. The first kappa shape index (κ1) is 15.8. The molecular weight excluding hydrogens is 292 g/mol. The summed E-state index contributed by atoms with van der Waals surface area (Å²) in [6.45, 7) is 1.45. The van der Waals surface area contributed by atoms with E-state index in [9.17, 15) is 9.59 Å². The first-order chi connectivity index (χ1) is 11.2. The van der Waals surface area contributed by atoms with E-state index in [0.717, 1.165) is 50.1 Å². The molecule has 2 amide bonds. The minimum absolute atomic E-state index is 0.155. The Kier molecular flexibility index (Phi) is 4.84. The van der Waals surface area contributed by atoms with Crippen LogP contribution in [0.1, 0.15) is 31.2 Å². The van der Waals surface area contributed by atoms with Crippen LogP contribution >= 0.6 is 0 Å². The average Bonchev–Trinajstić information content (AvgIpc) is 3.41. The molecule has 1 saturated heterocycles. The summed E-state index contributed by atoms with van der Waals surface area (Å²) in [6, 6.07) is 7.84. The van der Waals surface area contributed by atoms with E-state index in [1.807, 2.05) is 29.2 Å². The summed E-state index contributed by atoms with van der Waals surface area (Å²) in [5.41, 5.74) is 1.000. The number of methoxy groups -OCH3 is 1. The lowest BCUT2D eigenvalue weighted by atomic mass is 10.0. The van der Waals surface area contributed by atoms with Gasteiger partial charge in [0.05, 0.1) is 13.5 Å². The van der Waals surface area contributed by atoms with Crippen molar-refractivity contribution in [1.29, 1.82) is 0 Å². The van der Waals surface area contributed by atoms with Crippen LogP contribution in [-0.4, -0.2) is 43.0 Å². The first-order valence-electron chi connectivity index (χ1n) is 8.37. The molecule has 1 aliphatic carbocycles. The Bertz CT molecular complexity index is 558. The highest BCUT2D eigenvalue weighted by Gasteiger charge is 2.32. The van der Waals surface area contributed by atoms with Gasteiger partial charge in [-0.15, -0.1) is 0 Å². The highest BCUT2D eigenvalue weighted by atomic mass is 16.5. The monoisotopic (exact) mass is 316 g/mol. The van der Waals surface area contributed by atoms with Gasteiger partial charge in [-0.25, -0.2) is 0 Å². The van der Waals surface area contributed by atoms with Crippen molar-refractivity contribution in [2.24, 2.45) is 5.92 Å². The summed E-state index contributed by atoms with van der Waals surface area (Å²) in [6.07, 6.45) is 4.19. The lowest BCUT2D eigenvalue weighted by Crippen LogP contribution is -2.47. The Morgan fingerprint density at radius 3 is 2.35 bits per heavy atom. The zero-order valence-corrected chi connectivity index (χ0v) is 13.6. The van der Waals surface area contributed by atoms with Gasteiger partial charge in [-0.05, 0) is 43.4 Å². The molecule has 5 nitrogen and oxygen atoms in total. The van der Waals surface area contributed by atoms with E-state index in [0.29, 0.717) is 6.42 Å². The van der Waals surface area contributed by atoms with E-state index in [1.54, 1.807) is 7.11 Å². The third-order valence-electron chi connectivity index (χ3n) is 4.66. The summed E-state index contributed by atoms with van der Waals surface area (Å²) in [5.74, 6) is 1.41. The molecule has 0 unspecified atom stereocenters. The Balaban J connectivity index is 1.44. The van der Waals surface area contributed by atoms with Gasteiger partial charge in [0.25, 0.3) is 0 Å². The second-order valence-electron chi connectivity index (χ2n) is 6.46. The fourth-order valence-electron chi connectivity index (χ4n) is 2.97. The van der Waals surface area contributed by atoms with Gasteiger partial charge < -0.3 is 15.0 Å². The van der Waals surface area contributed by atoms with E-state index >= 15 is 0 Å². The van der Waals surface area contributed by atoms with E-state index < -0.39 is 0 Å². The molecule has 0 aromatic heterocycles. The van der Waals surface area contributed by atoms with Gasteiger partial charge in [0.1, 0.15) is 5.75 Å². The van der Waals surface area contributed by atoms with E-state index in [-0.39, 0.29) is 23.8 Å². The zero-order chi connectivity index (χ0) is 16.2. The lowest BCUT2D eigenvalue weighted by Gasteiger charge is -2.32. The number of amides is 2. The highest BCUT2D eigenvalue weighted by Crippen LogP contribution is 2.29. The molecule has 0 atom stereocenters. The molecule has 1 N–H and O–H groups in total. The van der Waals surface area contributed by atoms with Crippen molar-refractivity contribution in [3.8, 4) is 5.75 Å². The van der Waals surface area contributed by atoms with Gasteiger partial charge in [0.2, 0.25) is 11.8 Å². The third kappa shape index (κ3) is 4.24. The van der Waals surface area contributed by atoms with Crippen molar-refractivity contribution in [2.45, 2.75) is 38.1 Å². The Hall–Kier alpha value is -2.04. The molecule has 0 spiro atoms. The van der Waals surface area contributed by atoms with Crippen molar-refractivity contribution in [1.82, 2.24) is 10.2 Å². The quantitative estimate of drug-likeness (QED) is 0.900. The maximum absolute atomic E-state index is 12.4. The maximum atomic E-state index is 12.4. The first-order valence-corrected chi connectivity index (χ1v) is 8.37. The summed E-state index contributed by atoms with van der Waals surface area (Å²) in [5, 5.41) is 3.11. The van der Waals surface area contributed by atoms with Crippen LogP contribution in [0.5, 0.6) is 5.75 Å². The second kappa shape index (κ2) is 7.02. The molecule has 124 valence electrons. The molecule has 1 aromatic rings. The summed E-state index contributed by atoms with van der Waals surface area (Å²) in [7, 11) is 1.63. The molecule has 1 saturated carbocycles. The molecule has 23 heavy (non-hydrogen) atoms. The van der Waals surface area contributed by atoms with E-state index in [2.05, 4.69) is 5.32 Å². The number of benzene rings is 1. The van der Waals surface area contributed by atoms with Crippen molar-refractivity contribution in [3.05, 3.63) is 29.8 Å². The van der Waals surface area contributed by atoms with Gasteiger partial charge >= 0.3 is 0 Å². The SMILES string of the molecule is COc1ccc(CC(=O)N2CCC(NC(=O)C3CC3)CC2)cc1. The number of hydrogen-bond acceptors (Lipinski definition) is 3. The van der Waals surface area contributed by atoms with Crippen molar-refractivity contribution in [3.63, 3.8) is 0 Å². The molecule has 1 aliphatic heterocycles. The number of carbonyl (C=O) groups excluding carboxylic acids is 2. The third-order valence-corrected chi connectivity index (χ3v) is 4.66. The maximum Gasteiger partial charge on any atom is 0.226 e. The van der Waals surface area contributed by atoms with Crippen LogP contribution in [-0.2, 0) is 16.0 Å². The minimum atomic E-state index is 0.155. The lowest BCUT2D eigenvalue weighted by molar-refractivity contribution is -0.131. The van der Waals surface area contributed by atoms with Gasteiger partial charge in [-0.3, -0.25) is 9.59 Å². The van der Waals surface area contributed by atoms with Crippen LogP contribution in [0, 0.1) is 5.92 Å². The molecule has 2 aliphatic rings. The second-order valence-corrected chi connectivity index (χ2v) is 6.46. The number of nitrogens with zero attached hydrogens (tertiary/aromatic N) is 1. The fraction of sp³-hybridized carbons (Fsp3) is 0.556. The van der Waals surface area contributed by atoms with Crippen LogP contribution in [0.3, 0.4) is 0 Å². The van der Waals surface area contributed by atoms with Crippen LogP contribution in [0.25, 0.3) is 0 Å². The van der Waals surface area contributed by atoms with Crippen LogP contribution < -0.4 is 10.1 Å². The highest BCUT2D eigenvalue weighted by molar-refractivity contribution is 5.81. The molecule has 2 fully saturated rings. The van der Waals surface area contributed by atoms with E-state index in [1.165, 1.54) is 0 Å². The number of ether oxygens (including phenoxy) is 1. The predicted octanol–water partition coefficient (Wildman–Crippen LogP) is 1.75. The zero-order valence-electron chi connectivity index (χ0n) is 13.6. The molecule has 5 heteroatoms. The number of likely N-dealkylation sites (tertiary alicyclic amines) is 1. The van der Waals surface area contributed by atoms with E-state index in [4.69, 9.17) is 4.74 Å². The smallest absolute Gasteiger partial charge is 0.226 e. The summed E-state index contributed by atoms with van der Waals surface area (Å²) < 4.78 is 5.13. The number of hydrogen-bond donors (Lipinski definition) is 1. The van der Waals surface area contributed by atoms with Crippen molar-refractivity contribution >= 4 is 11.8 Å². The minimum Gasteiger partial charge on any atom is -0.497 e. The Morgan fingerprint density at radius 2 is 1.78 bits per heavy atom. The number of piperidine rings is 1. The van der Waals surface area contributed by atoms with Crippen LogP contribution in [0.15, 0.2) is 24.3 Å². The molecule has 1 heterocycles. The fourth-order valence-corrected chi connectivity index (χ4v) is 2.97. The molecule has 1 aromatic carbocycles. The Labute approximate surface area is 137 Å². The van der Waals surface area contributed by atoms with Crippen molar-refractivity contribution < 1.29 is 14.3 Å². The topological polar surface area (TPSA) is 58.6 Å². The number of nitrogens with one attached hydrogen (secondary N) is 1. The molecule has 0 radical (unpaired) electrons. The predicted molar refractivity (Wildman–Crippen MR) is 87.2 cm³/mol. The largest absolute Gasteiger partial charge is 0.497 e. The molecular formula is C18H24N2O3. The number of carbonyl (C=O) groups is 2. The average molecular weight is 316 g/mol. The van der Waals surface area contributed by atoms with Gasteiger partial charge in [-0.2, -0.15) is 0 Å². The number of rotatable bonds is 5. The molecule has 3 rings (SSSR count). The normalized spacial score (nSPS) is 18.6.